The second kappa shape index (κ2) is 3.40. The van der Waals surface area contributed by atoms with Crippen LogP contribution in [0.1, 0.15) is 25.7 Å². The highest BCUT2D eigenvalue weighted by molar-refractivity contribution is 4.91. The van der Waals surface area contributed by atoms with E-state index in [0.29, 0.717) is 0 Å². The fraction of sp³-hybridized carbons (Fsp3) is 0.800. The Morgan fingerprint density at radius 3 is 2.64 bits per heavy atom. The lowest BCUT2D eigenvalue weighted by molar-refractivity contribution is 0.265. The van der Waals surface area contributed by atoms with E-state index in [2.05, 4.69) is 17.5 Å². The minimum absolute atomic E-state index is 1.01. The highest BCUT2D eigenvalue weighted by Crippen LogP contribution is 2.26. The second-order valence-electron chi connectivity index (χ2n) is 3.91. The Labute approximate surface area is 68.9 Å². The van der Waals surface area contributed by atoms with Gasteiger partial charge in [-0.15, -0.1) is 0 Å². The molecule has 11 heavy (non-hydrogen) atoms. The van der Waals surface area contributed by atoms with Gasteiger partial charge in [0, 0.05) is 0 Å². The van der Waals surface area contributed by atoms with Crippen molar-refractivity contribution in [2.24, 2.45) is 11.8 Å². The van der Waals surface area contributed by atoms with Gasteiger partial charge in [0.1, 0.15) is 0 Å². The Morgan fingerprint density at radius 2 is 2.09 bits per heavy atom. The first kappa shape index (κ1) is 7.35. The van der Waals surface area contributed by atoms with Crippen molar-refractivity contribution in [1.29, 1.82) is 0 Å². The summed E-state index contributed by atoms with van der Waals surface area (Å²) in [4.78, 5) is 0. The third-order valence-corrected chi connectivity index (χ3v) is 2.91. The average molecular weight is 151 g/mol. The van der Waals surface area contributed by atoms with Crippen LogP contribution in [-0.2, 0) is 0 Å². The maximum absolute atomic E-state index is 3.33. The maximum atomic E-state index is 3.33. The van der Waals surface area contributed by atoms with Crippen LogP contribution in [0.25, 0.3) is 0 Å². The number of hydrogen-bond donors (Lipinski definition) is 1. The van der Waals surface area contributed by atoms with Crippen molar-refractivity contribution in [3.05, 3.63) is 12.2 Å². The molecular weight excluding hydrogens is 134 g/mol. The van der Waals surface area contributed by atoms with Crippen LogP contribution in [0.3, 0.4) is 0 Å². The summed E-state index contributed by atoms with van der Waals surface area (Å²) in [6.07, 6.45) is 10.3. The molecule has 1 heterocycles. The molecule has 0 aromatic rings. The molecule has 1 N–H and O–H groups in total. The first-order chi connectivity index (χ1) is 5.45. The van der Waals surface area contributed by atoms with Crippen molar-refractivity contribution < 1.29 is 0 Å². The van der Waals surface area contributed by atoms with Crippen LogP contribution in [0.5, 0.6) is 0 Å². The largest absolute Gasteiger partial charge is 0.316 e. The molecule has 1 unspecified atom stereocenters. The van der Waals surface area contributed by atoms with E-state index >= 15 is 0 Å². The highest BCUT2D eigenvalue weighted by Gasteiger charge is 2.21. The molecule has 1 heteroatoms. The maximum Gasteiger partial charge on any atom is -0.000815 e. The summed E-state index contributed by atoms with van der Waals surface area (Å²) in [5, 5.41) is 3.33. The molecule has 0 aromatic carbocycles. The Hall–Kier alpha value is -0.300. The van der Waals surface area contributed by atoms with Crippen LogP contribution < -0.4 is 5.32 Å². The summed E-state index contributed by atoms with van der Waals surface area (Å²) in [5.74, 6) is 2.01. The van der Waals surface area contributed by atoms with Gasteiger partial charge in [-0.25, -0.2) is 0 Å². The van der Waals surface area contributed by atoms with Gasteiger partial charge >= 0.3 is 0 Å². The predicted octanol–water partition coefficient (Wildman–Crippen LogP) is 1.95. The van der Waals surface area contributed by atoms with Gasteiger partial charge in [0.2, 0.25) is 0 Å². The van der Waals surface area contributed by atoms with Gasteiger partial charge in [-0.1, -0.05) is 12.2 Å². The zero-order chi connectivity index (χ0) is 7.52. The van der Waals surface area contributed by atoms with Gasteiger partial charge in [0.25, 0.3) is 0 Å². The van der Waals surface area contributed by atoms with Gasteiger partial charge in [0.05, 0.1) is 0 Å². The van der Waals surface area contributed by atoms with Gasteiger partial charge in [-0.2, -0.15) is 0 Å². The van der Waals surface area contributed by atoms with Gasteiger partial charge in [-0.05, 0) is 50.6 Å². The number of allylic oxidation sites excluding steroid dienone is 2. The van der Waals surface area contributed by atoms with Crippen LogP contribution in [0, 0.1) is 11.8 Å². The Bertz CT molecular complexity index is 147. The lowest BCUT2D eigenvalue weighted by Gasteiger charge is -2.31. The molecule has 0 radical (unpaired) electrons. The third kappa shape index (κ3) is 1.84. The molecule has 1 nitrogen and oxygen atoms in total. The SMILES string of the molecule is C1=CCC(CC2CNC2)CC1. The summed E-state index contributed by atoms with van der Waals surface area (Å²) < 4.78 is 0. The molecule has 1 aliphatic heterocycles. The number of nitrogens with one attached hydrogen (secondary N) is 1. The van der Waals surface area contributed by atoms with Crippen LogP contribution in [0.15, 0.2) is 12.2 Å². The Morgan fingerprint density at radius 1 is 1.18 bits per heavy atom. The average Bonchev–Trinajstić information content (AvgIpc) is 1.99. The van der Waals surface area contributed by atoms with E-state index in [1.807, 2.05) is 0 Å². The van der Waals surface area contributed by atoms with Crippen molar-refractivity contribution in [2.45, 2.75) is 25.7 Å². The van der Waals surface area contributed by atoms with Crippen LogP contribution in [0.2, 0.25) is 0 Å². The van der Waals surface area contributed by atoms with Crippen molar-refractivity contribution in [2.75, 3.05) is 13.1 Å². The van der Waals surface area contributed by atoms with E-state index in [0.717, 1.165) is 11.8 Å². The monoisotopic (exact) mass is 151 g/mol. The normalized spacial score (nSPS) is 31.8. The fourth-order valence-electron chi connectivity index (χ4n) is 2.06. The highest BCUT2D eigenvalue weighted by atomic mass is 14.9. The predicted molar refractivity (Wildman–Crippen MR) is 47.5 cm³/mol. The molecule has 0 saturated carbocycles. The zero-order valence-electron chi connectivity index (χ0n) is 7.05. The quantitative estimate of drug-likeness (QED) is 0.595. The minimum atomic E-state index is 1.01. The molecule has 1 aliphatic carbocycles. The summed E-state index contributed by atoms with van der Waals surface area (Å²) in [6, 6.07) is 0. The van der Waals surface area contributed by atoms with E-state index in [9.17, 15) is 0 Å². The Balaban J connectivity index is 1.72. The molecule has 0 bridgehead atoms. The molecule has 1 fully saturated rings. The van der Waals surface area contributed by atoms with E-state index in [4.69, 9.17) is 0 Å². The van der Waals surface area contributed by atoms with E-state index in [-0.39, 0.29) is 0 Å². The Kier molecular flexibility index (Phi) is 2.27. The topological polar surface area (TPSA) is 12.0 Å². The number of hydrogen-bond acceptors (Lipinski definition) is 1. The smallest absolute Gasteiger partial charge is 0.000815 e. The molecule has 2 aliphatic rings. The molecule has 62 valence electrons. The molecule has 0 aromatic heterocycles. The third-order valence-electron chi connectivity index (χ3n) is 2.91. The van der Waals surface area contributed by atoms with Crippen molar-refractivity contribution in [1.82, 2.24) is 5.32 Å². The summed E-state index contributed by atoms with van der Waals surface area (Å²) >= 11 is 0. The van der Waals surface area contributed by atoms with Gasteiger partial charge in [-0.3, -0.25) is 0 Å². The molecule has 1 saturated heterocycles. The number of rotatable bonds is 2. The van der Waals surface area contributed by atoms with Crippen molar-refractivity contribution in [3.63, 3.8) is 0 Å². The van der Waals surface area contributed by atoms with Gasteiger partial charge < -0.3 is 5.32 Å². The first-order valence-corrected chi connectivity index (χ1v) is 4.81. The van der Waals surface area contributed by atoms with E-state index in [1.165, 1.54) is 38.8 Å². The molecule has 1 atom stereocenters. The lowest BCUT2D eigenvalue weighted by atomic mass is 9.84. The van der Waals surface area contributed by atoms with Crippen molar-refractivity contribution >= 4 is 0 Å². The fourth-order valence-corrected chi connectivity index (χ4v) is 2.06. The molecule has 0 spiro atoms. The summed E-state index contributed by atoms with van der Waals surface area (Å²) in [7, 11) is 0. The molecule has 2 rings (SSSR count). The second-order valence-corrected chi connectivity index (χ2v) is 3.91. The summed E-state index contributed by atoms with van der Waals surface area (Å²) in [6.45, 7) is 2.56. The zero-order valence-corrected chi connectivity index (χ0v) is 7.05. The van der Waals surface area contributed by atoms with Crippen molar-refractivity contribution in [3.8, 4) is 0 Å². The lowest BCUT2D eigenvalue weighted by Crippen LogP contribution is -2.42. The standard InChI is InChI=1S/C10H17N/c1-2-4-9(5-3-1)6-10-7-11-8-10/h1-2,9-11H,3-8H2. The van der Waals surface area contributed by atoms with Crippen LogP contribution >= 0.6 is 0 Å². The van der Waals surface area contributed by atoms with E-state index < -0.39 is 0 Å². The van der Waals surface area contributed by atoms with Crippen LogP contribution in [-0.4, -0.2) is 13.1 Å². The minimum Gasteiger partial charge on any atom is -0.316 e. The molecular formula is C10H17N. The van der Waals surface area contributed by atoms with Gasteiger partial charge in [0.15, 0.2) is 0 Å². The molecule has 0 amide bonds. The first-order valence-electron chi connectivity index (χ1n) is 4.81. The summed E-state index contributed by atoms with van der Waals surface area (Å²) in [5.41, 5.74) is 0. The van der Waals surface area contributed by atoms with E-state index in [1.54, 1.807) is 0 Å². The van der Waals surface area contributed by atoms with Crippen LogP contribution in [0.4, 0.5) is 0 Å².